The quantitative estimate of drug-likeness (QED) is 0.834. The summed E-state index contributed by atoms with van der Waals surface area (Å²) in [5.74, 6) is -3.65. The van der Waals surface area contributed by atoms with Crippen molar-refractivity contribution in [3.8, 4) is 0 Å². The first kappa shape index (κ1) is 17.7. The van der Waals surface area contributed by atoms with Crippen LogP contribution >= 0.6 is 0 Å². The lowest BCUT2D eigenvalue weighted by molar-refractivity contribution is -0.132. The largest absolute Gasteiger partial charge is 0.395 e. The number of aliphatic hydroxyl groups excluding tert-OH is 1. The molecule has 1 fully saturated rings. The maximum absolute atomic E-state index is 13.6. The van der Waals surface area contributed by atoms with E-state index in [0.717, 1.165) is 12.5 Å². The van der Waals surface area contributed by atoms with Gasteiger partial charge in [-0.1, -0.05) is 6.92 Å². The molecule has 0 aliphatic carbocycles. The molecule has 0 spiro atoms. The number of hydrogen-bond acceptors (Lipinski definition) is 3. The molecule has 0 aromatic heterocycles. The topological polar surface area (TPSA) is 43.8 Å². The van der Waals surface area contributed by atoms with Crippen LogP contribution in [0.3, 0.4) is 0 Å². The fraction of sp³-hybridized carbons (Fsp3) is 0.562. The van der Waals surface area contributed by atoms with Gasteiger partial charge in [-0.25, -0.2) is 13.2 Å². The maximum Gasteiger partial charge on any atom is 0.227 e. The van der Waals surface area contributed by atoms with Crippen LogP contribution < -0.4 is 0 Å². The van der Waals surface area contributed by atoms with Crippen LogP contribution in [0.25, 0.3) is 0 Å². The summed E-state index contributed by atoms with van der Waals surface area (Å²) >= 11 is 0. The second-order valence-electron chi connectivity index (χ2n) is 5.70. The highest BCUT2D eigenvalue weighted by molar-refractivity contribution is 5.79. The Morgan fingerprint density at radius 3 is 2.30 bits per heavy atom. The molecule has 1 aromatic rings. The molecule has 2 rings (SSSR count). The Kier molecular flexibility index (Phi) is 6.01. The molecule has 1 N–H and O–H groups in total. The molecule has 0 unspecified atom stereocenters. The normalized spacial score (nSPS) is 17.3. The van der Waals surface area contributed by atoms with E-state index in [2.05, 4.69) is 4.90 Å². The molecule has 1 aliphatic rings. The van der Waals surface area contributed by atoms with Gasteiger partial charge in [-0.2, -0.15) is 0 Å². The molecule has 23 heavy (non-hydrogen) atoms. The van der Waals surface area contributed by atoms with Crippen molar-refractivity contribution in [2.75, 3.05) is 32.8 Å². The van der Waals surface area contributed by atoms with Crippen LogP contribution in [0.1, 0.15) is 18.9 Å². The Morgan fingerprint density at radius 1 is 1.13 bits per heavy atom. The number of halogens is 3. The molecule has 1 amide bonds. The Morgan fingerprint density at radius 2 is 1.74 bits per heavy atom. The predicted octanol–water partition coefficient (Wildman–Crippen LogP) is 1.56. The first-order chi connectivity index (χ1) is 11.0. The van der Waals surface area contributed by atoms with Gasteiger partial charge < -0.3 is 10.0 Å². The number of rotatable bonds is 5. The summed E-state index contributed by atoms with van der Waals surface area (Å²) in [5.41, 5.74) is -0.141. The van der Waals surface area contributed by atoms with Crippen molar-refractivity contribution >= 4 is 5.91 Å². The summed E-state index contributed by atoms with van der Waals surface area (Å²) in [5, 5.41) is 9.30. The molecule has 4 nitrogen and oxygen atoms in total. The van der Waals surface area contributed by atoms with Gasteiger partial charge in [-0.15, -0.1) is 0 Å². The number of carbonyl (C=O) groups is 1. The second kappa shape index (κ2) is 7.79. The van der Waals surface area contributed by atoms with Gasteiger partial charge in [0.2, 0.25) is 5.91 Å². The zero-order chi connectivity index (χ0) is 17.0. The lowest BCUT2D eigenvalue weighted by Gasteiger charge is -2.38. The highest BCUT2D eigenvalue weighted by Gasteiger charge is 2.25. The van der Waals surface area contributed by atoms with Gasteiger partial charge in [0.25, 0.3) is 0 Å². The van der Waals surface area contributed by atoms with E-state index in [4.69, 9.17) is 0 Å². The van der Waals surface area contributed by atoms with Crippen molar-refractivity contribution < 1.29 is 23.1 Å². The molecule has 0 bridgehead atoms. The number of carbonyl (C=O) groups excluding carboxylic acids is 1. The van der Waals surface area contributed by atoms with E-state index in [1.165, 1.54) is 0 Å². The smallest absolute Gasteiger partial charge is 0.227 e. The van der Waals surface area contributed by atoms with Crippen molar-refractivity contribution in [1.29, 1.82) is 0 Å². The van der Waals surface area contributed by atoms with Gasteiger partial charge in [-0.05, 0) is 12.5 Å². The molecular weight excluding hydrogens is 309 g/mol. The highest BCUT2D eigenvalue weighted by Crippen LogP contribution is 2.16. The molecular formula is C16H21F3N2O2. The summed E-state index contributed by atoms with van der Waals surface area (Å²) in [7, 11) is 0. The number of amides is 1. The second-order valence-corrected chi connectivity index (χ2v) is 5.70. The van der Waals surface area contributed by atoms with Crippen LogP contribution in [0.2, 0.25) is 0 Å². The molecule has 128 valence electrons. The Bertz CT molecular complexity index is 557. The van der Waals surface area contributed by atoms with Gasteiger partial charge in [0.05, 0.1) is 13.0 Å². The third kappa shape index (κ3) is 4.23. The van der Waals surface area contributed by atoms with E-state index in [9.17, 15) is 23.1 Å². The van der Waals surface area contributed by atoms with Gasteiger partial charge >= 0.3 is 0 Å². The van der Waals surface area contributed by atoms with Gasteiger partial charge in [0.1, 0.15) is 5.82 Å². The SMILES string of the molecule is CC[C@@H](CO)N1CCN(C(=O)Cc2cc(F)c(F)cc2F)CC1. The standard InChI is InChI=1S/C16H21F3N2O2/c1-2-12(10-22)20-3-5-21(6-4-20)16(23)8-11-7-14(18)15(19)9-13(11)17/h7,9,12,22H,2-6,8,10H2,1H3/t12-/m0/s1. The van der Waals surface area contributed by atoms with Crippen molar-refractivity contribution in [3.63, 3.8) is 0 Å². The molecule has 0 saturated carbocycles. The van der Waals surface area contributed by atoms with Crippen molar-refractivity contribution in [2.45, 2.75) is 25.8 Å². The van der Waals surface area contributed by atoms with E-state index in [1.54, 1.807) is 4.90 Å². The van der Waals surface area contributed by atoms with Gasteiger partial charge in [-0.3, -0.25) is 9.69 Å². The third-order valence-electron chi connectivity index (χ3n) is 4.30. The number of nitrogens with zero attached hydrogens (tertiary/aromatic N) is 2. The fourth-order valence-corrected chi connectivity index (χ4v) is 2.81. The summed E-state index contributed by atoms with van der Waals surface area (Å²) in [4.78, 5) is 15.9. The average molecular weight is 330 g/mol. The minimum atomic E-state index is -1.26. The van der Waals surface area contributed by atoms with Crippen LogP contribution in [0, 0.1) is 17.5 Å². The van der Waals surface area contributed by atoms with Crippen molar-refractivity contribution in [2.24, 2.45) is 0 Å². The van der Waals surface area contributed by atoms with Crippen molar-refractivity contribution in [1.82, 2.24) is 9.80 Å². The van der Waals surface area contributed by atoms with E-state index >= 15 is 0 Å². The number of hydrogen-bond donors (Lipinski definition) is 1. The monoisotopic (exact) mass is 330 g/mol. The van der Waals surface area contributed by atoms with E-state index < -0.39 is 17.5 Å². The van der Waals surface area contributed by atoms with Crippen LogP contribution in [0.4, 0.5) is 13.2 Å². The van der Waals surface area contributed by atoms with Gasteiger partial charge in [0, 0.05) is 43.9 Å². The van der Waals surface area contributed by atoms with Crippen LogP contribution in [0.15, 0.2) is 12.1 Å². The minimum absolute atomic E-state index is 0.0739. The summed E-state index contributed by atoms with van der Waals surface area (Å²) < 4.78 is 39.7. The molecule has 0 radical (unpaired) electrons. The average Bonchev–Trinajstić information content (AvgIpc) is 2.54. The van der Waals surface area contributed by atoms with Gasteiger partial charge in [0.15, 0.2) is 11.6 Å². The predicted molar refractivity (Wildman–Crippen MR) is 79.3 cm³/mol. The van der Waals surface area contributed by atoms with Crippen LogP contribution in [0.5, 0.6) is 0 Å². The first-order valence-corrected chi connectivity index (χ1v) is 7.72. The summed E-state index contributed by atoms with van der Waals surface area (Å²) in [6.07, 6.45) is 0.532. The molecule has 1 atom stereocenters. The highest BCUT2D eigenvalue weighted by atomic mass is 19.2. The van der Waals surface area contributed by atoms with Crippen LogP contribution in [-0.2, 0) is 11.2 Å². The maximum atomic E-state index is 13.6. The van der Waals surface area contributed by atoms with E-state index in [0.29, 0.717) is 32.2 Å². The Hall–Kier alpha value is -1.60. The summed E-state index contributed by atoms with van der Waals surface area (Å²) in [6.45, 7) is 4.27. The van der Waals surface area contributed by atoms with Crippen molar-refractivity contribution in [3.05, 3.63) is 35.1 Å². The zero-order valence-electron chi connectivity index (χ0n) is 13.1. The fourth-order valence-electron chi connectivity index (χ4n) is 2.81. The molecule has 1 heterocycles. The molecule has 1 aromatic carbocycles. The minimum Gasteiger partial charge on any atom is -0.395 e. The number of benzene rings is 1. The molecule has 7 heteroatoms. The van der Waals surface area contributed by atoms with E-state index in [1.807, 2.05) is 6.92 Å². The first-order valence-electron chi connectivity index (χ1n) is 7.72. The number of aliphatic hydroxyl groups is 1. The lowest BCUT2D eigenvalue weighted by Crippen LogP contribution is -2.53. The zero-order valence-corrected chi connectivity index (χ0v) is 13.1. The Labute approximate surface area is 133 Å². The van der Waals surface area contributed by atoms with E-state index in [-0.39, 0.29) is 30.5 Å². The van der Waals surface area contributed by atoms with Crippen LogP contribution in [-0.4, -0.2) is 59.6 Å². The summed E-state index contributed by atoms with van der Waals surface area (Å²) in [6, 6.07) is 1.27. The molecule has 1 aliphatic heterocycles. The number of piperazine rings is 1. The third-order valence-corrected chi connectivity index (χ3v) is 4.30. The molecule has 1 saturated heterocycles. The lowest BCUT2D eigenvalue weighted by atomic mass is 10.1. The Balaban J connectivity index is 1.94.